The number of aromatic nitrogens is 1. The van der Waals surface area contributed by atoms with Gasteiger partial charge in [0.25, 0.3) is 0 Å². The fraction of sp³-hybridized carbons (Fsp3) is 0.550. The molecule has 0 amide bonds. The summed E-state index contributed by atoms with van der Waals surface area (Å²) < 4.78 is 22.2. The van der Waals surface area contributed by atoms with Crippen LogP contribution in [0, 0.1) is 0 Å². The van der Waals surface area contributed by atoms with Crippen LogP contribution in [0.2, 0.25) is 5.02 Å². The minimum absolute atomic E-state index is 0.472. The summed E-state index contributed by atoms with van der Waals surface area (Å²) in [6.07, 6.45) is 0. The van der Waals surface area contributed by atoms with Gasteiger partial charge >= 0.3 is 0 Å². The van der Waals surface area contributed by atoms with Crippen molar-refractivity contribution >= 4 is 22.5 Å². The van der Waals surface area contributed by atoms with Gasteiger partial charge in [0, 0.05) is 31.1 Å². The maximum atomic E-state index is 6.53. The van der Waals surface area contributed by atoms with Gasteiger partial charge in [-0.1, -0.05) is 25.4 Å². The minimum atomic E-state index is 0.472. The average Bonchev–Trinajstić information content (AvgIpc) is 2.72. The van der Waals surface area contributed by atoms with Crippen LogP contribution in [0.5, 0.6) is 17.4 Å². The third-order valence-corrected chi connectivity index (χ3v) is 4.47. The largest absolute Gasteiger partial charge is 0.496 e. The lowest BCUT2D eigenvalue weighted by atomic mass is 10.2. The molecule has 0 atom stereocenters. The van der Waals surface area contributed by atoms with E-state index in [2.05, 4.69) is 9.88 Å². The van der Waals surface area contributed by atoms with Gasteiger partial charge in [0.05, 0.1) is 26.9 Å². The van der Waals surface area contributed by atoms with Crippen LogP contribution in [0.15, 0.2) is 18.2 Å². The second-order valence-corrected chi connectivity index (χ2v) is 6.05. The summed E-state index contributed by atoms with van der Waals surface area (Å²) in [6.45, 7) is 11.3. The molecule has 1 aromatic heterocycles. The number of nitrogens with zero attached hydrogens (tertiary/aromatic N) is 2. The van der Waals surface area contributed by atoms with E-state index in [1.54, 1.807) is 13.2 Å². The van der Waals surface area contributed by atoms with Crippen LogP contribution in [-0.4, -0.2) is 63.1 Å². The molecule has 3 rings (SSSR count). The maximum Gasteiger partial charge on any atom is 0.217 e. The molecule has 2 aromatic rings. The van der Waals surface area contributed by atoms with Crippen molar-refractivity contribution < 1.29 is 18.9 Å². The molecule has 1 aliphatic rings. The van der Waals surface area contributed by atoms with Crippen LogP contribution in [0.1, 0.15) is 20.8 Å². The molecule has 0 radical (unpaired) electrons. The van der Waals surface area contributed by atoms with Crippen molar-refractivity contribution in [1.29, 1.82) is 0 Å². The molecule has 0 unspecified atom stereocenters. The summed E-state index contributed by atoms with van der Waals surface area (Å²) in [4.78, 5) is 6.80. The lowest BCUT2D eigenvalue weighted by Gasteiger charge is -2.26. The Labute approximate surface area is 166 Å². The third kappa shape index (κ3) is 5.61. The van der Waals surface area contributed by atoms with E-state index >= 15 is 0 Å². The standard InChI is InChI=1S/C18H23ClN2O4.C2H6/c1-3-24-16-12-15(22-2)13-4-5-14(17(19)18(13)20-16)25-11-8-21-6-9-23-10-7-21;1-2/h4-5,12H,3,6-11H2,1-2H3;1-2H3. The Morgan fingerprint density at radius 2 is 1.89 bits per heavy atom. The summed E-state index contributed by atoms with van der Waals surface area (Å²) >= 11 is 6.53. The third-order valence-electron chi connectivity index (χ3n) is 4.10. The molecule has 1 aliphatic heterocycles. The van der Waals surface area contributed by atoms with Crippen molar-refractivity contribution in [2.24, 2.45) is 0 Å². The minimum Gasteiger partial charge on any atom is -0.496 e. The number of hydrogen-bond donors (Lipinski definition) is 0. The van der Waals surface area contributed by atoms with Crippen molar-refractivity contribution in [1.82, 2.24) is 9.88 Å². The molecule has 0 N–H and O–H groups in total. The van der Waals surface area contributed by atoms with Crippen molar-refractivity contribution in [2.75, 3.05) is 53.2 Å². The number of ether oxygens (including phenoxy) is 4. The molecule has 1 saturated heterocycles. The maximum absolute atomic E-state index is 6.53. The van der Waals surface area contributed by atoms with E-state index in [4.69, 9.17) is 30.5 Å². The number of hydrogen-bond acceptors (Lipinski definition) is 6. The summed E-state index contributed by atoms with van der Waals surface area (Å²) in [6, 6.07) is 5.53. The molecule has 0 saturated carbocycles. The predicted octanol–water partition coefficient (Wildman–Crippen LogP) is 4.03. The molecule has 150 valence electrons. The zero-order chi connectivity index (χ0) is 19.6. The first-order valence-corrected chi connectivity index (χ1v) is 9.83. The van der Waals surface area contributed by atoms with Gasteiger partial charge in [0.15, 0.2) is 0 Å². The van der Waals surface area contributed by atoms with Crippen LogP contribution in [0.3, 0.4) is 0 Å². The van der Waals surface area contributed by atoms with Gasteiger partial charge in [-0.2, -0.15) is 0 Å². The molecule has 27 heavy (non-hydrogen) atoms. The number of pyridine rings is 1. The fourth-order valence-electron chi connectivity index (χ4n) is 2.80. The Kier molecular flexibility index (Phi) is 8.91. The molecule has 0 spiro atoms. The van der Waals surface area contributed by atoms with Gasteiger partial charge in [-0.25, -0.2) is 4.98 Å². The summed E-state index contributed by atoms with van der Waals surface area (Å²) in [5.74, 6) is 1.78. The molecular formula is C20H29ClN2O4. The first-order chi connectivity index (χ1) is 13.2. The molecule has 1 fully saturated rings. The fourth-order valence-corrected chi connectivity index (χ4v) is 3.06. The molecule has 1 aromatic carbocycles. The monoisotopic (exact) mass is 396 g/mol. The Morgan fingerprint density at radius 3 is 2.56 bits per heavy atom. The van der Waals surface area contributed by atoms with Crippen LogP contribution in [0.25, 0.3) is 10.9 Å². The zero-order valence-electron chi connectivity index (χ0n) is 16.6. The van der Waals surface area contributed by atoms with Gasteiger partial charge < -0.3 is 18.9 Å². The number of fused-ring (bicyclic) bond motifs is 1. The molecule has 2 heterocycles. The van der Waals surface area contributed by atoms with E-state index in [0.717, 1.165) is 38.2 Å². The van der Waals surface area contributed by atoms with Crippen molar-refractivity contribution in [3.8, 4) is 17.4 Å². The van der Waals surface area contributed by atoms with Gasteiger partial charge in [-0.15, -0.1) is 0 Å². The predicted molar refractivity (Wildman–Crippen MR) is 109 cm³/mol. The Hall–Kier alpha value is -1.76. The van der Waals surface area contributed by atoms with Crippen molar-refractivity contribution in [2.45, 2.75) is 20.8 Å². The number of halogens is 1. The topological polar surface area (TPSA) is 53.0 Å². The highest BCUT2D eigenvalue weighted by atomic mass is 35.5. The quantitative estimate of drug-likeness (QED) is 0.704. The van der Waals surface area contributed by atoms with Crippen LogP contribution in [0.4, 0.5) is 0 Å². The highest BCUT2D eigenvalue weighted by Gasteiger charge is 2.15. The second kappa shape index (κ2) is 11.2. The number of rotatable bonds is 7. The molecule has 6 nitrogen and oxygen atoms in total. The lowest BCUT2D eigenvalue weighted by Crippen LogP contribution is -2.38. The highest BCUT2D eigenvalue weighted by molar-refractivity contribution is 6.36. The van der Waals surface area contributed by atoms with E-state index in [1.165, 1.54) is 0 Å². The summed E-state index contributed by atoms with van der Waals surface area (Å²) in [5, 5.41) is 1.30. The Bertz CT molecular complexity index is 721. The van der Waals surface area contributed by atoms with E-state index in [9.17, 15) is 0 Å². The number of benzene rings is 1. The molecule has 0 bridgehead atoms. The zero-order valence-corrected chi connectivity index (χ0v) is 17.3. The van der Waals surface area contributed by atoms with Gasteiger partial charge in [-0.05, 0) is 19.1 Å². The van der Waals surface area contributed by atoms with E-state index in [0.29, 0.717) is 41.1 Å². The summed E-state index contributed by atoms with van der Waals surface area (Å²) in [5.41, 5.74) is 0.619. The van der Waals surface area contributed by atoms with Crippen molar-refractivity contribution in [3.63, 3.8) is 0 Å². The van der Waals surface area contributed by atoms with Gasteiger partial charge in [0.2, 0.25) is 5.88 Å². The van der Waals surface area contributed by atoms with Gasteiger partial charge in [0.1, 0.15) is 28.6 Å². The number of methoxy groups -OCH3 is 1. The first kappa shape index (κ1) is 21.5. The second-order valence-electron chi connectivity index (χ2n) is 5.67. The van der Waals surface area contributed by atoms with Crippen LogP contribution >= 0.6 is 11.6 Å². The van der Waals surface area contributed by atoms with Crippen LogP contribution in [-0.2, 0) is 4.74 Å². The summed E-state index contributed by atoms with van der Waals surface area (Å²) in [7, 11) is 1.62. The van der Waals surface area contributed by atoms with Crippen molar-refractivity contribution in [3.05, 3.63) is 23.2 Å². The SMILES string of the molecule is CC.CCOc1cc(OC)c2ccc(OCCN3CCOCC3)c(Cl)c2n1. The van der Waals surface area contributed by atoms with E-state index in [1.807, 2.05) is 32.9 Å². The average molecular weight is 397 g/mol. The smallest absolute Gasteiger partial charge is 0.217 e. The molecule has 0 aliphatic carbocycles. The first-order valence-electron chi connectivity index (χ1n) is 9.46. The normalized spacial score (nSPS) is 14.4. The number of morpholine rings is 1. The van der Waals surface area contributed by atoms with Crippen LogP contribution < -0.4 is 14.2 Å². The van der Waals surface area contributed by atoms with Gasteiger partial charge in [-0.3, -0.25) is 4.90 Å². The molecule has 7 heteroatoms. The Balaban J connectivity index is 0.00000126. The highest BCUT2D eigenvalue weighted by Crippen LogP contribution is 2.37. The Morgan fingerprint density at radius 1 is 1.15 bits per heavy atom. The van der Waals surface area contributed by atoms with E-state index in [-0.39, 0.29) is 0 Å². The molecular weight excluding hydrogens is 368 g/mol. The lowest BCUT2D eigenvalue weighted by molar-refractivity contribution is 0.0322. The van der Waals surface area contributed by atoms with E-state index < -0.39 is 0 Å².